The van der Waals surface area contributed by atoms with E-state index < -0.39 is 0 Å². The van der Waals surface area contributed by atoms with Crippen LogP contribution in [-0.2, 0) is 11.3 Å². The average Bonchev–Trinajstić information content (AvgIpc) is 2.88. The maximum Gasteiger partial charge on any atom is 0.227 e. The van der Waals surface area contributed by atoms with Gasteiger partial charge in [0.1, 0.15) is 0 Å². The standard InChI is InChI=1S/C19H30N4O/c1-3-15(2)18(24)22-17-10-8-9-16(13-17)14-21-19(20)23-11-6-4-5-7-12-23/h8-10,13,15H,3-7,11-12,14H2,1-2H3,(H2,20,21)(H,22,24). The second-order valence-electron chi connectivity index (χ2n) is 6.57. The van der Waals surface area contributed by atoms with Crippen LogP contribution in [0.3, 0.4) is 0 Å². The van der Waals surface area contributed by atoms with Crippen LogP contribution in [0.2, 0.25) is 0 Å². The van der Waals surface area contributed by atoms with Gasteiger partial charge >= 0.3 is 0 Å². The van der Waals surface area contributed by atoms with Crippen LogP contribution in [0.15, 0.2) is 29.3 Å². The van der Waals surface area contributed by atoms with Crippen LogP contribution in [0, 0.1) is 5.92 Å². The van der Waals surface area contributed by atoms with Crippen LogP contribution in [0.4, 0.5) is 5.69 Å². The van der Waals surface area contributed by atoms with E-state index in [-0.39, 0.29) is 11.8 Å². The average molecular weight is 330 g/mol. The molecule has 1 heterocycles. The number of guanidine groups is 1. The Kier molecular flexibility index (Phi) is 7.09. The van der Waals surface area contributed by atoms with Gasteiger partial charge in [0.05, 0.1) is 6.54 Å². The van der Waals surface area contributed by atoms with Gasteiger partial charge in [-0.05, 0) is 37.0 Å². The van der Waals surface area contributed by atoms with Gasteiger partial charge in [-0.2, -0.15) is 0 Å². The topological polar surface area (TPSA) is 70.7 Å². The summed E-state index contributed by atoms with van der Waals surface area (Å²) in [6.07, 6.45) is 5.77. The molecule has 0 radical (unpaired) electrons. The van der Waals surface area contributed by atoms with Crippen LogP contribution in [0.25, 0.3) is 0 Å². The Balaban J connectivity index is 1.95. The van der Waals surface area contributed by atoms with Gasteiger partial charge in [0.15, 0.2) is 5.96 Å². The quantitative estimate of drug-likeness (QED) is 0.642. The first-order valence-corrected chi connectivity index (χ1v) is 9.04. The molecule has 0 spiro atoms. The smallest absolute Gasteiger partial charge is 0.227 e. The van der Waals surface area contributed by atoms with Crippen LogP contribution in [0.1, 0.15) is 51.5 Å². The molecule has 1 aliphatic heterocycles. The Hall–Kier alpha value is -2.04. The van der Waals surface area contributed by atoms with Crippen molar-refractivity contribution in [3.8, 4) is 0 Å². The summed E-state index contributed by atoms with van der Waals surface area (Å²) in [5, 5.41) is 2.96. The lowest BCUT2D eigenvalue weighted by Crippen LogP contribution is -2.38. The Labute approximate surface area is 145 Å². The fourth-order valence-electron chi connectivity index (χ4n) is 2.77. The van der Waals surface area contributed by atoms with Crippen molar-refractivity contribution in [2.75, 3.05) is 18.4 Å². The number of rotatable bonds is 5. The number of likely N-dealkylation sites (tertiary alicyclic amines) is 1. The third-order valence-electron chi connectivity index (χ3n) is 4.61. The molecule has 0 saturated carbocycles. The number of carbonyl (C=O) groups is 1. The van der Waals surface area contributed by atoms with E-state index in [1.165, 1.54) is 25.7 Å². The number of benzene rings is 1. The van der Waals surface area contributed by atoms with E-state index in [0.717, 1.165) is 30.8 Å². The summed E-state index contributed by atoms with van der Waals surface area (Å²) in [4.78, 5) is 18.7. The molecule has 24 heavy (non-hydrogen) atoms. The number of nitrogens with two attached hydrogens (primary N) is 1. The molecule has 1 fully saturated rings. The zero-order valence-electron chi connectivity index (χ0n) is 14.9. The molecule has 132 valence electrons. The molecule has 5 nitrogen and oxygen atoms in total. The lowest BCUT2D eigenvalue weighted by Gasteiger charge is -2.21. The summed E-state index contributed by atoms with van der Waals surface area (Å²) in [5.41, 5.74) is 8.02. The molecule has 2 rings (SSSR count). The van der Waals surface area contributed by atoms with E-state index in [1.54, 1.807) is 0 Å². The predicted octanol–water partition coefficient (Wildman–Crippen LogP) is 3.36. The molecule has 0 aliphatic carbocycles. The minimum Gasteiger partial charge on any atom is -0.370 e. The normalized spacial score (nSPS) is 17.2. The Morgan fingerprint density at radius 2 is 2.00 bits per heavy atom. The van der Waals surface area contributed by atoms with Crippen molar-refractivity contribution in [2.24, 2.45) is 16.6 Å². The predicted molar refractivity (Wildman–Crippen MR) is 99.9 cm³/mol. The highest BCUT2D eigenvalue weighted by molar-refractivity contribution is 5.92. The SMILES string of the molecule is CCC(C)C(=O)Nc1cccc(CN=C(N)N2CCCCCC2)c1. The number of anilines is 1. The molecule has 1 atom stereocenters. The van der Waals surface area contributed by atoms with Gasteiger partial charge in [0.25, 0.3) is 0 Å². The Bertz CT molecular complexity index is 562. The first-order chi connectivity index (χ1) is 11.6. The summed E-state index contributed by atoms with van der Waals surface area (Å²) in [6, 6.07) is 7.84. The molecule has 3 N–H and O–H groups in total. The van der Waals surface area contributed by atoms with E-state index >= 15 is 0 Å². The molecule has 1 unspecified atom stereocenters. The van der Waals surface area contributed by atoms with Gasteiger partial charge < -0.3 is 16.0 Å². The van der Waals surface area contributed by atoms with E-state index in [9.17, 15) is 4.79 Å². The van der Waals surface area contributed by atoms with Gasteiger partial charge in [-0.3, -0.25) is 4.79 Å². The first-order valence-electron chi connectivity index (χ1n) is 9.04. The lowest BCUT2D eigenvalue weighted by atomic mass is 10.1. The highest BCUT2D eigenvalue weighted by Crippen LogP contribution is 2.14. The van der Waals surface area contributed by atoms with Crippen molar-refractivity contribution in [3.05, 3.63) is 29.8 Å². The summed E-state index contributed by atoms with van der Waals surface area (Å²) in [5.74, 6) is 0.707. The summed E-state index contributed by atoms with van der Waals surface area (Å²) >= 11 is 0. The first kappa shape index (κ1) is 18.3. The van der Waals surface area contributed by atoms with E-state index in [4.69, 9.17) is 5.73 Å². The Morgan fingerprint density at radius 1 is 1.29 bits per heavy atom. The lowest BCUT2D eigenvalue weighted by molar-refractivity contribution is -0.119. The van der Waals surface area contributed by atoms with Crippen LogP contribution >= 0.6 is 0 Å². The number of hydrogen-bond donors (Lipinski definition) is 2. The minimum absolute atomic E-state index is 0.0188. The molecule has 0 bridgehead atoms. The van der Waals surface area contributed by atoms with E-state index in [0.29, 0.717) is 12.5 Å². The van der Waals surface area contributed by atoms with Gasteiger partial charge in [0, 0.05) is 24.7 Å². The molecule has 1 saturated heterocycles. The molecular formula is C19H30N4O. The minimum atomic E-state index is 0.0188. The largest absolute Gasteiger partial charge is 0.370 e. The highest BCUT2D eigenvalue weighted by atomic mass is 16.1. The third kappa shape index (κ3) is 5.55. The summed E-state index contributed by atoms with van der Waals surface area (Å²) < 4.78 is 0. The van der Waals surface area contributed by atoms with Crippen molar-refractivity contribution in [1.29, 1.82) is 0 Å². The van der Waals surface area contributed by atoms with Crippen LogP contribution < -0.4 is 11.1 Å². The van der Waals surface area contributed by atoms with Crippen LogP contribution in [0.5, 0.6) is 0 Å². The Morgan fingerprint density at radius 3 is 2.67 bits per heavy atom. The second kappa shape index (κ2) is 9.30. The zero-order valence-corrected chi connectivity index (χ0v) is 14.9. The number of nitrogens with one attached hydrogen (secondary N) is 1. The number of carbonyl (C=O) groups excluding carboxylic acids is 1. The van der Waals surface area contributed by atoms with Crippen LogP contribution in [-0.4, -0.2) is 29.9 Å². The zero-order chi connectivity index (χ0) is 17.4. The number of aliphatic imine (C=N–C) groups is 1. The number of hydrogen-bond acceptors (Lipinski definition) is 2. The van der Waals surface area contributed by atoms with Gasteiger partial charge in [0.2, 0.25) is 5.91 Å². The maximum atomic E-state index is 12.0. The van der Waals surface area contributed by atoms with Gasteiger partial charge in [-0.15, -0.1) is 0 Å². The second-order valence-corrected chi connectivity index (χ2v) is 6.57. The molecule has 5 heteroatoms. The van der Waals surface area contributed by atoms with Gasteiger partial charge in [-0.1, -0.05) is 38.8 Å². The van der Waals surface area contributed by atoms with E-state index in [2.05, 4.69) is 15.2 Å². The van der Waals surface area contributed by atoms with Crippen molar-refractivity contribution in [1.82, 2.24) is 4.90 Å². The molecule has 1 aliphatic rings. The van der Waals surface area contributed by atoms with E-state index in [1.807, 2.05) is 38.1 Å². The molecular weight excluding hydrogens is 300 g/mol. The van der Waals surface area contributed by atoms with Crippen molar-refractivity contribution < 1.29 is 4.79 Å². The monoisotopic (exact) mass is 330 g/mol. The fraction of sp³-hybridized carbons (Fsp3) is 0.579. The van der Waals surface area contributed by atoms with Crippen molar-refractivity contribution in [3.63, 3.8) is 0 Å². The van der Waals surface area contributed by atoms with Gasteiger partial charge in [-0.25, -0.2) is 4.99 Å². The number of nitrogens with zero attached hydrogens (tertiary/aromatic N) is 2. The van der Waals surface area contributed by atoms with Crippen molar-refractivity contribution >= 4 is 17.6 Å². The maximum absolute atomic E-state index is 12.0. The summed E-state index contributed by atoms with van der Waals surface area (Å²) in [7, 11) is 0. The third-order valence-corrected chi connectivity index (χ3v) is 4.61. The summed E-state index contributed by atoms with van der Waals surface area (Å²) in [6.45, 7) is 6.49. The van der Waals surface area contributed by atoms with Crippen molar-refractivity contribution in [2.45, 2.75) is 52.5 Å². The number of amides is 1. The highest BCUT2D eigenvalue weighted by Gasteiger charge is 2.12. The molecule has 1 aromatic rings. The molecule has 0 aromatic heterocycles. The molecule has 1 amide bonds. The fourth-order valence-corrected chi connectivity index (χ4v) is 2.77. The molecule has 1 aromatic carbocycles.